The molecule has 0 aliphatic carbocycles. The second kappa shape index (κ2) is 4.95. The van der Waals surface area contributed by atoms with Crippen LogP contribution < -0.4 is 5.32 Å². The molecule has 1 aliphatic rings. The predicted molar refractivity (Wildman–Crippen MR) is 65.2 cm³/mol. The van der Waals surface area contributed by atoms with Gasteiger partial charge in [-0.25, -0.2) is 0 Å². The molecule has 1 aromatic rings. The minimum absolute atomic E-state index is 0.0885. The van der Waals surface area contributed by atoms with E-state index in [1.807, 2.05) is 13.1 Å². The Hall–Kier alpha value is -0.900. The molecule has 2 N–H and O–H groups in total. The minimum Gasteiger partial charge on any atom is -0.394 e. The molecule has 1 aliphatic heterocycles. The monoisotopic (exact) mass is 220 g/mol. The van der Waals surface area contributed by atoms with Gasteiger partial charge in [0.15, 0.2) is 0 Å². The van der Waals surface area contributed by atoms with Crippen molar-refractivity contribution in [3.05, 3.63) is 35.9 Å². The second-order valence-electron chi connectivity index (χ2n) is 4.63. The Morgan fingerprint density at radius 1 is 1.38 bits per heavy atom. The first kappa shape index (κ1) is 11.6. The van der Waals surface area contributed by atoms with Crippen LogP contribution in [-0.2, 0) is 6.54 Å². The van der Waals surface area contributed by atoms with E-state index in [0.29, 0.717) is 0 Å². The standard InChI is InChI=1S/C13H20N2O/c1-14-13(11-16)7-8-15(10-13)9-12-5-3-2-4-6-12/h2-6,14,16H,7-11H2,1H3. The Bertz CT molecular complexity index is 322. The molecule has 0 saturated carbocycles. The van der Waals surface area contributed by atoms with Crippen molar-refractivity contribution in [2.45, 2.75) is 18.5 Å². The number of likely N-dealkylation sites (tertiary alicyclic amines) is 1. The molecule has 1 aromatic carbocycles. The molecule has 0 spiro atoms. The lowest BCUT2D eigenvalue weighted by atomic mass is 10.0. The smallest absolute Gasteiger partial charge is 0.0626 e. The number of aliphatic hydroxyl groups is 1. The molecule has 0 radical (unpaired) electrons. The molecular formula is C13H20N2O. The minimum atomic E-state index is -0.0885. The maximum absolute atomic E-state index is 9.41. The fourth-order valence-corrected chi connectivity index (χ4v) is 2.35. The number of nitrogens with zero attached hydrogens (tertiary/aromatic N) is 1. The van der Waals surface area contributed by atoms with Crippen LogP contribution in [-0.4, -0.2) is 42.3 Å². The van der Waals surface area contributed by atoms with E-state index in [4.69, 9.17) is 0 Å². The van der Waals surface area contributed by atoms with E-state index < -0.39 is 0 Å². The largest absolute Gasteiger partial charge is 0.394 e. The van der Waals surface area contributed by atoms with Gasteiger partial charge >= 0.3 is 0 Å². The highest BCUT2D eigenvalue weighted by molar-refractivity contribution is 5.15. The van der Waals surface area contributed by atoms with E-state index in [1.54, 1.807) is 0 Å². The highest BCUT2D eigenvalue weighted by Crippen LogP contribution is 2.22. The second-order valence-corrected chi connectivity index (χ2v) is 4.63. The summed E-state index contributed by atoms with van der Waals surface area (Å²) in [6.45, 7) is 3.17. The third kappa shape index (κ3) is 2.43. The summed E-state index contributed by atoms with van der Waals surface area (Å²) in [5.41, 5.74) is 1.25. The molecular weight excluding hydrogens is 200 g/mol. The summed E-state index contributed by atoms with van der Waals surface area (Å²) >= 11 is 0. The van der Waals surface area contributed by atoms with Gasteiger partial charge in [0.25, 0.3) is 0 Å². The summed E-state index contributed by atoms with van der Waals surface area (Å²) in [5, 5.41) is 12.7. The first-order valence-electron chi connectivity index (χ1n) is 5.84. The molecule has 1 unspecified atom stereocenters. The van der Waals surface area contributed by atoms with Crippen molar-refractivity contribution in [2.24, 2.45) is 0 Å². The fraction of sp³-hybridized carbons (Fsp3) is 0.538. The zero-order valence-corrected chi connectivity index (χ0v) is 9.82. The van der Waals surface area contributed by atoms with Gasteiger partial charge < -0.3 is 10.4 Å². The molecule has 1 heterocycles. The first-order valence-corrected chi connectivity index (χ1v) is 5.84. The third-order valence-electron chi connectivity index (χ3n) is 3.51. The molecule has 1 atom stereocenters. The van der Waals surface area contributed by atoms with Gasteiger partial charge in [0, 0.05) is 19.6 Å². The zero-order valence-electron chi connectivity index (χ0n) is 9.82. The maximum atomic E-state index is 9.41. The van der Waals surface area contributed by atoms with Crippen LogP contribution in [0.2, 0.25) is 0 Å². The van der Waals surface area contributed by atoms with Gasteiger partial charge in [0.2, 0.25) is 0 Å². The van der Waals surface area contributed by atoms with Crippen LogP contribution in [0.1, 0.15) is 12.0 Å². The number of benzene rings is 1. The van der Waals surface area contributed by atoms with Crippen LogP contribution >= 0.6 is 0 Å². The summed E-state index contributed by atoms with van der Waals surface area (Å²) in [4.78, 5) is 2.39. The van der Waals surface area contributed by atoms with Crippen molar-refractivity contribution in [2.75, 3.05) is 26.7 Å². The Morgan fingerprint density at radius 3 is 2.69 bits per heavy atom. The molecule has 2 rings (SSSR count). The first-order chi connectivity index (χ1) is 7.78. The number of hydrogen-bond donors (Lipinski definition) is 2. The van der Waals surface area contributed by atoms with Crippen LogP contribution in [0, 0.1) is 0 Å². The number of rotatable bonds is 4. The number of nitrogens with one attached hydrogen (secondary N) is 1. The summed E-state index contributed by atoms with van der Waals surface area (Å²) in [6, 6.07) is 10.5. The lowest BCUT2D eigenvalue weighted by Crippen LogP contribution is -2.48. The summed E-state index contributed by atoms with van der Waals surface area (Å²) in [5.74, 6) is 0. The Labute approximate surface area is 97.1 Å². The van der Waals surface area contributed by atoms with Gasteiger partial charge in [0.1, 0.15) is 0 Å². The zero-order chi connectivity index (χ0) is 11.4. The van der Waals surface area contributed by atoms with E-state index in [0.717, 1.165) is 26.1 Å². The van der Waals surface area contributed by atoms with Crippen molar-refractivity contribution in [3.8, 4) is 0 Å². The maximum Gasteiger partial charge on any atom is 0.0626 e. The van der Waals surface area contributed by atoms with Crippen molar-refractivity contribution in [1.82, 2.24) is 10.2 Å². The molecule has 88 valence electrons. The van der Waals surface area contributed by atoms with Crippen LogP contribution in [0.15, 0.2) is 30.3 Å². The van der Waals surface area contributed by atoms with E-state index in [1.165, 1.54) is 5.56 Å². The van der Waals surface area contributed by atoms with Crippen molar-refractivity contribution in [1.29, 1.82) is 0 Å². The lowest BCUT2D eigenvalue weighted by Gasteiger charge is -2.26. The van der Waals surface area contributed by atoms with Crippen LogP contribution in [0.25, 0.3) is 0 Å². The Morgan fingerprint density at radius 2 is 2.12 bits per heavy atom. The van der Waals surface area contributed by atoms with Crippen molar-refractivity contribution >= 4 is 0 Å². The van der Waals surface area contributed by atoms with Gasteiger partial charge in [-0.1, -0.05) is 30.3 Å². The molecule has 3 nitrogen and oxygen atoms in total. The van der Waals surface area contributed by atoms with Crippen LogP contribution in [0.4, 0.5) is 0 Å². The van der Waals surface area contributed by atoms with Gasteiger partial charge in [0.05, 0.1) is 12.1 Å². The summed E-state index contributed by atoms with van der Waals surface area (Å²) in [6.07, 6.45) is 1.02. The number of aliphatic hydroxyl groups excluding tert-OH is 1. The Kier molecular flexibility index (Phi) is 3.59. The van der Waals surface area contributed by atoms with Gasteiger partial charge in [-0.05, 0) is 19.0 Å². The quantitative estimate of drug-likeness (QED) is 0.789. The average Bonchev–Trinajstić information content (AvgIpc) is 2.75. The summed E-state index contributed by atoms with van der Waals surface area (Å²) in [7, 11) is 1.93. The van der Waals surface area contributed by atoms with E-state index >= 15 is 0 Å². The van der Waals surface area contributed by atoms with Gasteiger partial charge in [-0.2, -0.15) is 0 Å². The average molecular weight is 220 g/mol. The van der Waals surface area contributed by atoms with E-state index in [-0.39, 0.29) is 12.1 Å². The van der Waals surface area contributed by atoms with Crippen molar-refractivity contribution < 1.29 is 5.11 Å². The lowest BCUT2D eigenvalue weighted by molar-refractivity contribution is 0.167. The molecule has 1 fully saturated rings. The number of likely N-dealkylation sites (N-methyl/N-ethyl adjacent to an activating group) is 1. The fourth-order valence-electron chi connectivity index (χ4n) is 2.35. The van der Waals surface area contributed by atoms with Gasteiger partial charge in [-0.15, -0.1) is 0 Å². The molecule has 1 saturated heterocycles. The molecule has 0 aromatic heterocycles. The third-order valence-corrected chi connectivity index (χ3v) is 3.51. The highest BCUT2D eigenvalue weighted by Gasteiger charge is 2.35. The van der Waals surface area contributed by atoms with Crippen LogP contribution in [0.5, 0.6) is 0 Å². The van der Waals surface area contributed by atoms with Gasteiger partial charge in [-0.3, -0.25) is 4.90 Å². The highest BCUT2D eigenvalue weighted by atomic mass is 16.3. The predicted octanol–water partition coefficient (Wildman–Crippen LogP) is 0.843. The SMILES string of the molecule is CNC1(CO)CCN(Cc2ccccc2)C1. The van der Waals surface area contributed by atoms with E-state index in [2.05, 4.69) is 34.5 Å². The molecule has 0 bridgehead atoms. The molecule has 3 heteroatoms. The summed E-state index contributed by atoms with van der Waals surface area (Å²) < 4.78 is 0. The van der Waals surface area contributed by atoms with E-state index in [9.17, 15) is 5.11 Å². The number of hydrogen-bond acceptors (Lipinski definition) is 3. The molecule has 0 amide bonds. The van der Waals surface area contributed by atoms with Crippen molar-refractivity contribution in [3.63, 3.8) is 0 Å². The van der Waals surface area contributed by atoms with Crippen LogP contribution in [0.3, 0.4) is 0 Å². The topological polar surface area (TPSA) is 35.5 Å². The molecule has 16 heavy (non-hydrogen) atoms. The Balaban J connectivity index is 1.95. The normalized spacial score (nSPS) is 26.1.